The fraction of sp³-hybridized carbons (Fsp3) is 0.368. The van der Waals surface area contributed by atoms with Crippen LogP contribution in [0.1, 0.15) is 22.8 Å². The Morgan fingerprint density at radius 3 is 2.54 bits per heavy atom. The number of carbonyl (C=O) groups is 2. The molecule has 2 fully saturated rings. The molecular weight excluding hydrogens is 375 g/mol. The van der Waals surface area contributed by atoms with Gasteiger partial charge in [-0.2, -0.15) is 13.2 Å². The van der Waals surface area contributed by atoms with Crippen LogP contribution in [0.15, 0.2) is 41.0 Å². The number of carbonyl (C=O) groups excluding carboxylic acids is 2. The number of hydrogen-bond donors (Lipinski definition) is 0. The van der Waals surface area contributed by atoms with Gasteiger partial charge in [-0.05, 0) is 37.4 Å². The number of likely N-dealkylation sites (N-methyl/N-ethyl adjacent to an activating group) is 1. The fourth-order valence-corrected chi connectivity index (χ4v) is 4.72. The molecule has 1 spiro atoms. The average Bonchev–Trinajstić information content (AvgIpc) is 3.28. The molecule has 5 rings (SSSR count). The van der Waals surface area contributed by atoms with Crippen molar-refractivity contribution in [2.45, 2.75) is 24.2 Å². The molecular formula is C19H16F3N3O3. The molecule has 0 saturated carbocycles. The molecule has 2 atom stereocenters. The summed E-state index contributed by atoms with van der Waals surface area (Å²) in [6.07, 6.45) is -2.93. The second-order valence-electron chi connectivity index (χ2n) is 7.54. The molecule has 0 N–H and O–H groups in total. The molecule has 3 amide bonds. The van der Waals surface area contributed by atoms with E-state index in [0.717, 1.165) is 22.6 Å². The normalized spacial score (nSPS) is 27.2. The molecule has 28 heavy (non-hydrogen) atoms. The maximum Gasteiger partial charge on any atom is 0.416 e. The van der Waals surface area contributed by atoms with E-state index in [1.165, 1.54) is 12.1 Å². The Balaban J connectivity index is 1.59. The van der Waals surface area contributed by atoms with E-state index < -0.39 is 29.2 Å². The van der Waals surface area contributed by atoms with Gasteiger partial charge < -0.3 is 14.2 Å². The lowest BCUT2D eigenvalue weighted by Gasteiger charge is -2.39. The van der Waals surface area contributed by atoms with Crippen molar-refractivity contribution in [3.63, 3.8) is 0 Å². The third-order valence-corrected chi connectivity index (χ3v) is 5.94. The minimum Gasteiger partial charge on any atom is -0.469 e. The molecule has 2 saturated heterocycles. The highest BCUT2D eigenvalue weighted by Gasteiger charge is 2.67. The first-order chi connectivity index (χ1) is 13.2. The number of rotatable bonds is 1. The molecule has 9 heteroatoms. The van der Waals surface area contributed by atoms with E-state index in [1.54, 1.807) is 17.2 Å². The summed E-state index contributed by atoms with van der Waals surface area (Å²) >= 11 is 0. The van der Waals surface area contributed by atoms with E-state index in [-0.39, 0.29) is 18.2 Å². The van der Waals surface area contributed by atoms with Crippen molar-refractivity contribution in [2.24, 2.45) is 0 Å². The first-order valence-electron chi connectivity index (χ1n) is 8.82. The molecule has 2 aromatic rings. The number of amides is 3. The number of nitrogens with zero attached hydrogens (tertiary/aromatic N) is 3. The molecule has 146 valence electrons. The second kappa shape index (κ2) is 5.38. The van der Waals surface area contributed by atoms with Crippen LogP contribution in [-0.2, 0) is 17.5 Å². The van der Waals surface area contributed by atoms with E-state index in [9.17, 15) is 22.8 Å². The van der Waals surface area contributed by atoms with Crippen LogP contribution in [0.25, 0.3) is 0 Å². The van der Waals surface area contributed by atoms with Crippen molar-refractivity contribution in [3.05, 3.63) is 53.5 Å². The quantitative estimate of drug-likeness (QED) is 0.702. The number of anilines is 1. The first-order valence-corrected chi connectivity index (χ1v) is 8.82. The SMILES string of the molecule is CN1C[C@@H]2c3occc3CN3C(=O)N(c4ccc(C(F)(F)F)cc4)C(=O)[C@@]23C1. The second-order valence-corrected chi connectivity index (χ2v) is 7.54. The van der Waals surface area contributed by atoms with Crippen molar-refractivity contribution in [1.82, 2.24) is 9.80 Å². The molecule has 4 heterocycles. The Labute approximate surface area is 158 Å². The highest BCUT2D eigenvalue weighted by atomic mass is 19.4. The van der Waals surface area contributed by atoms with Gasteiger partial charge in [0.25, 0.3) is 5.91 Å². The van der Waals surface area contributed by atoms with Gasteiger partial charge in [-0.1, -0.05) is 0 Å². The van der Waals surface area contributed by atoms with Gasteiger partial charge in [0.2, 0.25) is 0 Å². The summed E-state index contributed by atoms with van der Waals surface area (Å²) < 4.78 is 44.2. The summed E-state index contributed by atoms with van der Waals surface area (Å²) in [6.45, 7) is 1.13. The number of alkyl halides is 3. The summed E-state index contributed by atoms with van der Waals surface area (Å²) in [6, 6.07) is 5.37. The predicted octanol–water partition coefficient (Wildman–Crippen LogP) is 3.05. The zero-order chi connectivity index (χ0) is 19.8. The first kappa shape index (κ1) is 17.3. The minimum atomic E-state index is -4.48. The summed E-state index contributed by atoms with van der Waals surface area (Å²) in [4.78, 5) is 31.2. The smallest absolute Gasteiger partial charge is 0.416 e. The molecule has 0 radical (unpaired) electrons. The van der Waals surface area contributed by atoms with Gasteiger partial charge in [0.05, 0.1) is 30.0 Å². The van der Waals surface area contributed by atoms with Crippen molar-refractivity contribution in [3.8, 4) is 0 Å². The van der Waals surface area contributed by atoms with Crippen LogP contribution in [0.5, 0.6) is 0 Å². The van der Waals surface area contributed by atoms with Crippen LogP contribution in [0.4, 0.5) is 23.7 Å². The topological polar surface area (TPSA) is 57.0 Å². The molecule has 1 aromatic heterocycles. The summed E-state index contributed by atoms with van der Waals surface area (Å²) in [5.41, 5.74) is -0.939. The highest BCUT2D eigenvalue weighted by Crippen LogP contribution is 2.51. The number of furan rings is 1. The monoisotopic (exact) mass is 391 g/mol. The highest BCUT2D eigenvalue weighted by molar-refractivity contribution is 6.24. The van der Waals surface area contributed by atoms with E-state index in [4.69, 9.17) is 4.42 Å². The number of halogens is 3. The number of fused-ring (bicyclic) bond motifs is 2. The van der Waals surface area contributed by atoms with E-state index in [0.29, 0.717) is 18.8 Å². The average molecular weight is 391 g/mol. The Hall–Kier alpha value is -2.81. The van der Waals surface area contributed by atoms with Gasteiger partial charge in [0.1, 0.15) is 11.3 Å². The molecule has 0 bridgehead atoms. The third kappa shape index (κ3) is 2.07. The Bertz CT molecular complexity index is 984. The lowest BCUT2D eigenvalue weighted by atomic mass is 9.79. The van der Waals surface area contributed by atoms with E-state index in [2.05, 4.69) is 0 Å². The Morgan fingerprint density at radius 1 is 1.14 bits per heavy atom. The van der Waals surface area contributed by atoms with Crippen LogP contribution >= 0.6 is 0 Å². The predicted molar refractivity (Wildman–Crippen MR) is 91.5 cm³/mol. The van der Waals surface area contributed by atoms with Crippen LogP contribution in [0, 0.1) is 0 Å². The largest absolute Gasteiger partial charge is 0.469 e. The summed E-state index contributed by atoms with van der Waals surface area (Å²) in [5.74, 6) is -0.0307. The molecule has 0 aliphatic carbocycles. The zero-order valence-electron chi connectivity index (χ0n) is 14.9. The van der Waals surface area contributed by atoms with Crippen molar-refractivity contribution in [1.29, 1.82) is 0 Å². The van der Waals surface area contributed by atoms with E-state index >= 15 is 0 Å². The van der Waals surface area contributed by atoms with E-state index in [1.807, 2.05) is 11.9 Å². The number of likely N-dealkylation sites (tertiary alicyclic amines) is 1. The molecule has 0 unspecified atom stereocenters. The van der Waals surface area contributed by atoms with Crippen molar-refractivity contribution < 1.29 is 27.2 Å². The van der Waals surface area contributed by atoms with Gasteiger partial charge in [-0.25, -0.2) is 9.69 Å². The van der Waals surface area contributed by atoms with Crippen LogP contribution in [-0.4, -0.2) is 47.4 Å². The number of benzene rings is 1. The van der Waals surface area contributed by atoms with Crippen molar-refractivity contribution in [2.75, 3.05) is 25.0 Å². The van der Waals surface area contributed by atoms with Crippen molar-refractivity contribution >= 4 is 17.6 Å². The lowest BCUT2D eigenvalue weighted by Crippen LogP contribution is -2.56. The summed E-state index contributed by atoms with van der Waals surface area (Å²) in [5, 5.41) is 0. The fourth-order valence-electron chi connectivity index (χ4n) is 4.72. The third-order valence-electron chi connectivity index (χ3n) is 5.94. The van der Waals surface area contributed by atoms with Gasteiger partial charge in [-0.3, -0.25) is 4.79 Å². The van der Waals surface area contributed by atoms with Gasteiger partial charge in [-0.15, -0.1) is 0 Å². The molecule has 6 nitrogen and oxygen atoms in total. The number of hydrogen-bond acceptors (Lipinski definition) is 4. The minimum absolute atomic E-state index is 0.136. The molecule has 3 aliphatic heterocycles. The van der Waals surface area contributed by atoms with Gasteiger partial charge in [0, 0.05) is 18.7 Å². The maximum atomic E-state index is 13.5. The number of urea groups is 1. The van der Waals surface area contributed by atoms with Crippen LogP contribution < -0.4 is 4.90 Å². The van der Waals surface area contributed by atoms with Crippen LogP contribution in [0.2, 0.25) is 0 Å². The Morgan fingerprint density at radius 2 is 1.86 bits per heavy atom. The van der Waals surface area contributed by atoms with Gasteiger partial charge >= 0.3 is 12.2 Å². The summed E-state index contributed by atoms with van der Waals surface area (Å²) in [7, 11) is 1.87. The van der Waals surface area contributed by atoms with Gasteiger partial charge in [0.15, 0.2) is 0 Å². The molecule has 1 aromatic carbocycles. The Kier molecular flexibility index (Phi) is 3.32. The maximum absolute atomic E-state index is 13.5. The zero-order valence-corrected chi connectivity index (χ0v) is 14.9. The lowest BCUT2D eigenvalue weighted by molar-refractivity contribution is -0.137. The number of imide groups is 1. The standard InChI is InChI=1S/C19H16F3N3O3/c1-23-9-14-15-11(6-7-28-15)8-24-17(27)25(16(26)18(14,24)10-23)13-4-2-12(3-5-13)19(20,21)22/h2-7,14H,8-10H2,1H3/t14-,18-/m1/s1. The molecule has 3 aliphatic rings. The van der Waals surface area contributed by atoms with Crippen LogP contribution in [0.3, 0.4) is 0 Å².